The SMILES string of the molecule is Nc1cccc(-c2c(C(=O)O)nnn2-c2cccc(Cl)c2)c1. The summed E-state index contributed by atoms with van der Waals surface area (Å²) >= 11 is 5.99. The van der Waals surface area contributed by atoms with Crippen LogP contribution in [0.25, 0.3) is 16.9 Å². The summed E-state index contributed by atoms with van der Waals surface area (Å²) in [6.45, 7) is 0. The number of aromatic carboxylic acids is 1. The Labute approximate surface area is 130 Å². The quantitative estimate of drug-likeness (QED) is 0.725. The molecule has 3 rings (SSSR count). The standard InChI is InChI=1S/C15H11ClN4O2/c16-10-4-2-6-12(8-10)20-14(13(15(21)22)18-19-20)9-3-1-5-11(17)7-9/h1-8H,17H2,(H,21,22). The smallest absolute Gasteiger partial charge is 0.358 e. The second-order valence-electron chi connectivity index (χ2n) is 4.61. The van der Waals surface area contributed by atoms with Gasteiger partial charge in [-0.2, -0.15) is 0 Å². The molecule has 1 aromatic heterocycles. The van der Waals surface area contributed by atoms with E-state index in [2.05, 4.69) is 10.3 Å². The molecule has 0 radical (unpaired) electrons. The van der Waals surface area contributed by atoms with Crippen LogP contribution >= 0.6 is 11.6 Å². The van der Waals surface area contributed by atoms with Gasteiger partial charge in [-0.15, -0.1) is 5.10 Å². The molecule has 0 unspecified atom stereocenters. The summed E-state index contributed by atoms with van der Waals surface area (Å²) in [5.41, 5.74) is 7.74. The van der Waals surface area contributed by atoms with Crippen molar-refractivity contribution in [1.82, 2.24) is 15.0 Å². The van der Waals surface area contributed by atoms with Gasteiger partial charge in [0.2, 0.25) is 0 Å². The molecule has 22 heavy (non-hydrogen) atoms. The first-order valence-corrected chi connectivity index (χ1v) is 6.75. The summed E-state index contributed by atoms with van der Waals surface area (Å²) in [6, 6.07) is 13.8. The highest BCUT2D eigenvalue weighted by Crippen LogP contribution is 2.27. The van der Waals surface area contributed by atoms with Crippen molar-refractivity contribution in [1.29, 1.82) is 0 Å². The molecule has 0 amide bonds. The minimum absolute atomic E-state index is 0.148. The maximum absolute atomic E-state index is 11.4. The highest BCUT2D eigenvalue weighted by molar-refractivity contribution is 6.30. The Morgan fingerprint density at radius 1 is 1.18 bits per heavy atom. The second-order valence-corrected chi connectivity index (χ2v) is 5.05. The van der Waals surface area contributed by atoms with E-state index in [4.69, 9.17) is 17.3 Å². The number of hydrogen-bond donors (Lipinski definition) is 2. The van der Waals surface area contributed by atoms with E-state index in [-0.39, 0.29) is 5.69 Å². The molecule has 3 N–H and O–H groups in total. The second kappa shape index (κ2) is 5.50. The molecule has 7 heteroatoms. The van der Waals surface area contributed by atoms with E-state index < -0.39 is 5.97 Å². The van der Waals surface area contributed by atoms with Crippen molar-refractivity contribution >= 4 is 23.3 Å². The summed E-state index contributed by atoms with van der Waals surface area (Å²) in [5.74, 6) is -1.16. The molecule has 0 spiro atoms. The lowest BCUT2D eigenvalue weighted by Crippen LogP contribution is -2.03. The van der Waals surface area contributed by atoms with Gasteiger partial charge in [0.05, 0.1) is 5.69 Å². The van der Waals surface area contributed by atoms with Crippen LogP contribution < -0.4 is 5.73 Å². The number of nitrogens with zero attached hydrogens (tertiary/aromatic N) is 3. The number of carbonyl (C=O) groups is 1. The Morgan fingerprint density at radius 2 is 1.95 bits per heavy atom. The van der Waals surface area contributed by atoms with Crippen molar-refractivity contribution in [2.45, 2.75) is 0 Å². The monoisotopic (exact) mass is 314 g/mol. The van der Waals surface area contributed by atoms with Crippen LogP contribution in [0, 0.1) is 0 Å². The molecular formula is C15H11ClN4O2. The number of carboxylic acids is 1. The maximum atomic E-state index is 11.4. The number of rotatable bonds is 3. The molecule has 0 atom stereocenters. The molecule has 3 aromatic rings. The molecule has 2 aromatic carbocycles. The summed E-state index contributed by atoms with van der Waals surface area (Å²) in [4.78, 5) is 11.4. The van der Waals surface area contributed by atoms with Crippen LogP contribution in [0.3, 0.4) is 0 Å². The first kappa shape index (κ1) is 14.1. The van der Waals surface area contributed by atoms with Crippen LogP contribution in [0.4, 0.5) is 5.69 Å². The Bertz CT molecular complexity index is 860. The van der Waals surface area contributed by atoms with E-state index in [1.165, 1.54) is 4.68 Å². The van der Waals surface area contributed by atoms with Crippen LogP contribution in [0.1, 0.15) is 10.5 Å². The number of anilines is 1. The Hall–Kier alpha value is -2.86. The number of carboxylic acid groups (broad SMARTS) is 1. The lowest BCUT2D eigenvalue weighted by molar-refractivity contribution is 0.0691. The third-order valence-corrected chi connectivity index (χ3v) is 3.32. The zero-order valence-electron chi connectivity index (χ0n) is 11.3. The third kappa shape index (κ3) is 2.51. The molecule has 110 valence electrons. The molecule has 0 saturated heterocycles. The molecule has 0 fully saturated rings. The average Bonchev–Trinajstić information content (AvgIpc) is 2.92. The van der Waals surface area contributed by atoms with Crippen LogP contribution in [0.2, 0.25) is 5.02 Å². The fourth-order valence-electron chi connectivity index (χ4n) is 2.16. The van der Waals surface area contributed by atoms with Gasteiger partial charge < -0.3 is 10.8 Å². The van der Waals surface area contributed by atoms with Crippen molar-refractivity contribution in [3.05, 3.63) is 59.2 Å². The van der Waals surface area contributed by atoms with E-state index in [1.54, 1.807) is 48.5 Å². The zero-order chi connectivity index (χ0) is 15.7. The van der Waals surface area contributed by atoms with Crippen molar-refractivity contribution in [2.24, 2.45) is 0 Å². The zero-order valence-corrected chi connectivity index (χ0v) is 12.0. The normalized spacial score (nSPS) is 10.6. The fourth-order valence-corrected chi connectivity index (χ4v) is 2.34. The first-order chi connectivity index (χ1) is 10.6. The van der Waals surface area contributed by atoms with Crippen LogP contribution in [-0.2, 0) is 0 Å². The predicted molar refractivity (Wildman–Crippen MR) is 83.2 cm³/mol. The number of nitrogens with two attached hydrogens (primary N) is 1. The largest absolute Gasteiger partial charge is 0.476 e. The van der Waals surface area contributed by atoms with Gasteiger partial charge in [-0.1, -0.05) is 35.0 Å². The van der Waals surface area contributed by atoms with Crippen molar-refractivity contribution in [3.8, 4) is 16.9 Å². The summed E-state index contributed by atoms with van der Waals surface area (Å²) < 4.78 is 1.43. The summed E-state index contributed by atoms with van der Waals surface area (Å²) in [5, 5.41) is 17.6. The van der Waals surface area contributed by atoms with Crippen LogP contribution in [0.5, 0.6) is 0 Å². The van der Waals surface area contributed by atoms with Gasteiger partial charge in [-0.05, 0) is 30.3 Å². The molecule has 0 saturated carbocycles. The van der Waals surface area contributed by atoms with E-state index >= 15 is 0 Å². The fraction of sp³-hybridized carbons (Fsp3) is 0. The van der Waals surface area contributed by atoms with E-state index in [0.29, 0.717) is 27.7 Å². The number of benzene rings is 2. The Balaban J connectivity index is 2.26. The molecule has 0 aliphatic heterocycles. The molecule has 0 bridgehead atoms. The van der Waals surface area contributed by atoms with Gasteiger partial charge in [0, 0.05) is 16.3 Å². The maximum Gasteiger partial charge on any atom is 0.358 e. The summed E-state index contributed by atoms with van der Waals surface area (Å²) in [6.07, 6.45) is 0. The number of hydrogen-bond acceptors (Lipinski definition) is 4. The lowest BCUT2D eigenvalue weighted by Gasteiger charge is -2.08. The molecule has 1 heterocycles. The van der Waals surface area contributed by atoms with E-state index in [1.807, 2.05) is 0 Å². The van der Waals surface area contributed by atoms with E-state index in [0.717, 1.165) is 0 Å². The van der Waals surface area contributed by atoms with Gasteiger partial charge in [-0.25, -0.2) is 9.48 Å². The number of nitrogen functional groups attached to an aromatic ring is 1. The van der Waals surface area contributed by atoms with Gasteiger partial charge >= 0.3 is 5.97 Å². The van der Waals surface area contributed by atoms with Gasteiger partial charge in [0.25, 0.3) is 0 Å². The highest BCUT2D eigenvalue weighted by atomic mass is 35.5. The number of aromatic nitrogens is 3. The molecular weight excluding hydrogens is 304 g/mol. The highest BCUT2D eigenvalue weighted by Gasteiger charge is 2.21. The van der Waals surface area contributed by atoms with E-state index in [9.17, 15) is 9.90 Å². The predicted octanol–water partition coefficient (Wildman–Crippen LogP) is 2.87. The Kier molecular flexibility index (Phi) is 3.52. The number of halogens is 1. The van der Waals surface area contributed by atoms with Crippen LogP contribution in [-0.4, -0.2) is 26.1 Å². The van der Waals surface area contributed by atoms with Gasteiger partial charge in [0.1, 0.15) is 5.69 Å². The average molecular weight is 315 g/mol. The minimum Gasteiger partial charge on any atom is -0.476 e. The molecule has 6 nitrogen and oxygen atoms in total. The first-order valence-electron chi connectivity index (χ1n) is 6.37. The third-order valence-electron chi connectivity index (χ3n) is 3.09. The molecule has 0 aliphatic rings. The summed E-state index contributed by atoms with van der Waals surface area (Å²) in [7, 11) is 0. The Morgan fingerprint density at radius 3 is 2.64 bits per heavy atom. The molecule has 0 aliphatic carbocycles. The van der Waals surface area contributed by atoms with Crippen LogP contribution in [0.15, 0.2) is 48.5 Å². The van der Waals surface area contributed by atoms with Crippen molar-refractivity contribution in [3.63, 3.8) is 0 Å². The van der Waals surface area contributed by atoms with Crippen molar-refractivity contribution < 1.29 is 9.90 Å². The topological polar surface area (TPSA) is 94.0 Å². The van der Waals surface area contributed by atoms with Crippen molar-refractivity contribution in [2.75, 3.05) is 5.73 Å². The minimum atomic E-state index is -1.16. The lowest BCUT2D eigenvalue weighted by atomic mass is 10.1. The van der Waals surface area contributed by atoms with Gasteiger partial charge in [0.15, 0.2) is 5.69 Å². The van der Waals surface area contributed by atoms with Gasteiger partial charge in [-0.3, -0.25) is 0 Å².